The summed E-state index contributed by atoms with van der Waals surface area (Å²) in [7, 11) is 0. The Kier molecular flexibility index (Phi) is 6.81. The van der Waals surface area contributed by atoms with Crippen LogP contribution in [0.4, 0.5) is 5.69 Å². The summed E-state index contributed by atoms with van der Waals surface area (Å²) in [5, 5.41) is 4.38. The molecule has 0 aromatic heterocycles. The molecule has 0 radical (unpaired) electrons. The third-order valence-corrected chi connectivity index (χ3v) is 4.27. The van der Waals surface area contributed by atoms with Crippen molar-refractivity contribution < 1.29 is 0 Å². The van der Waals surface area contributed by atoms with Crippen molar-refractivity contribution >= 4 is 17.3 Å². The molecule has 0 spiro atoms. The molecular formula is C17H28ClN3. The molecule has 1 aromatic carbocycles. The van der Waals surface area contributed by atoms with Gasteiger partial charge in [-0.1, -0.05) is 37.6 Å². The normalized spacial score (nSPS) is 16.7. The first-order valence-corrected chi connectivity index (χ1v) is 8.47. The molecule has 0 unspecified atom stereocenters. The van der Waals surface area contributed by atoms with E-state index < -0.39 is 0 Å². The van der Waals surface area contributed by atoms with Gasteiger partial charge in [0.15, 0.2) is 0 Å². The highest BCUT2D eigenvalue weighted by molar-refractivity contribution is 6.33. The highest BCUT2D eigenvalue weighted by Gasteiger charge is 2.18. The fourth-order valence-electron chi connectivity index (χ4n) is 2.74. The zero-order valence-corrected chi connectivity index (χ0v) is 14.1. The summed E-state index contributed by atoms with van der Waals surface area (Å²) in [6.45, 7) is 12.4. The van der Waals surface area contributed by atoms with Gasteiger partial charge in [0.2, 0.25) is 0 Å². The van der Waals surface area contributed by atoms with E-state index in [0.29, 0.717) is 0 Å². The number of halogens is 1. The summed E-state index contributed by atoms with van der Waals surface area (Å²) in [5.74, 6) is 0.740. The first-order valence-electron chi connectivity index (χ1n) is 8.09. The number of rotatable bonds is 7. The van der Waals surface area contributed by atoms with Gasteiger partial charge in [0.05, 0.1) is 10.7 Å². The van der Waals surface area contributed by atoms with E-state index in [1.807, 2.05) is 12.1 Å². The summed E-state index contributed by atoms with van der Waals surface area (Å²) in [6, 6.07) is 8.15. The van der Waals surface area contributed by atoms with E-state index in [1.54, 1.807) is 0 Å². The van der Waals surface area contributed by atoms with Crippen molar-refractivity contribution in [2.75, 3.05) is 50.7 Å². The van der Waals surface area contributed by atoms with Crippen molar-refractivity contribution in [3.63, 3.8) is 0 Å². The van der Waals surface area contributed by atoms with E-state index >= 15 is 0 Å². The maximum Gasteiger partial charge on any atom is 0.0639 e. The van der Waals surface area contributed by atoms with Crippen LogP contribution in [0.25, 0.3) is 0 Å². The molecule has 1 aliphatic rings. The number of para-hydroxylation sites is 1. The van der Waals surface area contributed by atoms with Gasteiger partial charge in [-0.2, -0.15) is 0 Å². The van der Waals surface area contributed by atoms with E-state index in [9.17, 15) is 0 Å². The summed E-state index contributed by atoms with van der Waals surface area (Å²) < 4.78 is 0. The second-order valence-corrected chi connectivity index (χ2v) is 6.64. The van der Waals surface area contributed by atoms with E-state index in [1.165, 1.54) is 18.7 Å². The van der Waals surface area contributed by atoms with Crippen LogP contribution in [0.5, 0.6) is 0 Å². The zero-order valence-electron chi connectivity index (χ0n) is 13.3. The van der Waals surface area contributed by atoms with Crippen LogP contribution in [0.3, 0.4) is 0 Å². The maximum absolute atomic E-state index is 6.27. The van der Waals surface area contributed by atoms with Gasteiger partial charge in [0, 0.05) is 26.2 Å². The minimum Gasteiger partial charge on any atom is -0.368 e. The predicted octanol–water partition coefficient (Wildman–Crippen LogP) is 3.10. The van der Waals surface area contributed by atoms with Gasteiger partial charge in [0.25, 0.3) is 0 Å². The lowest BCUT2D eigenvalue weighted by atomic mass is 10.2. The molecule has 1 heterocycles. The van der Waals surface area contributed by atoms with Crippen LogP contribution in [-0.2, 0) is 0 Å². The standard InChI is InChI=1S/C17H28ClN3/c1-15(2)14-19-8-5-9-20-10-12-21(13-11-20)17-7-4-3-6-16(17)18/h3-4,6-7,15,19H,5,8-14H2,1-2H3. The first-order chi connectivity index (χ1) is 10.2. The second kappa shape index (κ2) is 8.62. The topological polar surface area (TPSA) is 18.5 Å². The van der Waals surface area contributed by atoms with E-state index in [4.69, 9.17) is 11.6 Å². The monoisotopic (exact) mass is 309 g/mol. The summed E-state index contributed by atoms with van der Waals surface area (Å²) in [6.07, 6.45) is 1.23. The van der Waals surface area contributed by atoms with Crippen molar-refractivity contribution in [3.05, 3.63) is 29.3 Å². The third kappa shape index (κ3) is 5.50. The van der Waals surface area contributed by atoms with Crippen LogP contribution >= 0.6 is 11.6 Å². The van der Waals surface area contributed by atoms with E-state index in [0.717, 1.165) is 50.2 Å². The minimum atomic E-state index is 0.740. The van der Waals surface area contributed by atoms with Crippen molar-refractivity contribution in [2.45, 2.75) is 20.3 Å². The summed E-state index contributed by atoms with van der Waals surface area (Å²) >= 11 is 6.27. The fourth-order valence-corrected chi connectivity index (χ4v) is 2.99. The smallest absolute Gasteiger partial charge is 0.0639 e. The Morgan fingerprint density at radius 2 is 1.86 bits per heavy atom. The minimum absolute atomic E-state index is 0.740. The number of hydrogen-bond donors (Lipinski definition) is 1. The van der Waals surface area contributed by atoms with Gasteiger partial charge < -0.3 is 10.2 Å². The Bertz CT molecular complexity index is 414. The van der Waals surface area contributed by atoms with Crippen LogP contribution in [0.2, 0.25) is 5.02 Å². The van der Waals surface area contributed by atoms with Crippen molar-refractivity contribution in [3.8, 4) is 0 Å². The number of anilines is 1. The number of piperazine rings is 1. The highest BCUT2D eigenvalue weighted by Crippen LogP contribution is 2.25. The van der Waals surface area contributed by atoms with Gasteiger partial charge >= 0.3 is 0 Å². The quantitative estimate of drug-likeness (QED) is 0.781. The Hall–Kier alpha value is -0.770. The molecular weight excluding hydrogens is 282 g/mol. The average molecular weight is 310 g/mol. The molecule has 1 aromatic rings. The lowest BCUT2D eigenvalue weighted by molar-refractivity contribution is 0.253. The van der Waals surface area contributed by atoms with Gasteiger partial charge in [-0.25, -0.2) is 0 Å². The molecule has 1 saturated heterocycles. The lowest BCUT2D eigenvalue weighted by Crippen LogP contribution is -2.47. The molecule has 1 fully saturated rings. The Morgan fingerprint density at radius 1 is 1.14 bits per heavy atom. The van der Waals surface area contributed by atoms with Gasteiger partial charge in [-0.05, 0) is 44.1 Å². The molecule has 0 atom stereocenters. The largest absolute Gasteiger partial charge is 0.368 e. The number of nitrogens with one attached hydrogen (secondary N) is 1. The molecule has 0 bridgehead atoms. The molecule has 3 nitrogen and oxygen atoms in total. The molecule has 118 valence electrons. The van der Waals surface area contributed by atoms with Crippen LogP contribution in [-0.4, -0.2) is 50.7 Å². The third-order valence-electron chi connectivity index (χ3n) is 3.95. The van der Waals surface area contributed by atoms with Crippen molar-refractivity contribution in [1.82, 2.24) is 10.2 Å². The van der Waals surface area contributed by atoms with Crippen LogP contribution < -0.4 is 10.2 Å². The predicted molar refractivity (Wildman–Crippen MR) is 92.4 cm³/mol. The fraction of sp³-hybridized carbons (Fsp3) is 0.647. The van der Waals surface area contributed by atoms with Crippen molar-refractivity contribution in [2.24, 2.45) is 5.92 Å². The second-order valence-electron chi connectivity index (χ2n) is 6.23. The van der Waals surface area contributed by atoms with Crippen LogP contribution in [0, 0.1) is 5.92 Å². The molecule has 4 heteroatoms. The summed E-state index contributed by atoms with van der Waals surface area (Å²) in [5.41, 5.74) is 1.18. The number of benzene rings is 1. The SMILES string of the molecule is CC(C)CNCCCN1CCN(c2ccccc2Cl)CC1. The van der Waals surface area contributed by atoms with E-state index in [2.05, 4.69) is 41.1 Å². The maximum atomic E-state index is 6.27. The molecule has 0 amide bonds. The summed E-state index contributed by atoms with van der Waals surface area (Å²) in [4.78, 5) is 4.96. The van der Waals surface area contributed by atoms with Gasteiger partial charge in [-0.15, -0.1) is 0 Å². The average Bonchev–Trinajstić information content (AvgIpc) is 2.48. The molecule has 1 N–H and O–H groups in total. The molecule has 21 heavy (non-hydrogen) atoms. The number of nitrogens with zero attached hydrogens (tertiary/aromatic N) is 2. The van der Waals surface area contributed by atoms with Crippen molar-refractivity contribution in [1.29, 1.82) is 0 Å². The Balaban J connectivity index is 1.66. The Morgan fingerprint density at radius 3 is 2.52 bits per heavy atom. The highest BCUT2D eigenvalue weighted by atomic mass is 35.5. The lowest BCUT2D eigenvalue weighted by Gasteiger charge is -2.36. The van der Waals surface area contributed by atoms with Crippen LogP contribution in [0.15, 0.2) is 24.3 Å². The molecule has 0 aliphatic carbocycles. The van der Waals surface area contributed by atoms with Gasteiger partial charge in [0.1, 0.15) is 0 Å². The van der Waals surface area contributed by atoms with Crippen LogP contribution in [0.1, 0.15) is 20.3 Å². The molecule has 0 saturated carbocycles. The van der Waals surface area contributed by atoms with Gasteiger partial charge in [-0.3, -0.25) is 4.90 Å². The first kappa shape index (κ1) is 16.6. The molecule has 1 aliphatic heterocycles. The van der Waals surface area contributed by atoms with E-state index in [-0.39, 0.29) is 0 Å². The Labute approximate surface area is 134 Å². The molecule has 2 rings (SSSR count). The zero-order chi connectivity index (χ0) is 15.1. The number of hydrogen-bond acceptors (Lipinski definition) is 3.